The molecule has 0 bridgehead atoms. The third-order valence-corrected chi connectivity index (χ3v) is 2.06. The zero-order valence-corrected chi connectivity index (χ0v) is 8.10. The fraction of sp³-hybridized carbons (Fsp3) is 0.400. The first-order valence-corrected chi connectivity index (χ1v) is 4.19. The highest BCUT2D eigenvalue weighted by molar-refractivity contribution is 5.31. The number of halogens is 1. The van der Waals surface area contributed by atoms with E-state index in [4.69, 9.17) is 4.74 Å². The highest BCUT2D eigenvalue weighted by atomic mass is 19.1. The molecule has 1 atom stereocenters. The van der Waals surface area contributed by atoms with Crippen molar-refractivity contribution in [1.29, 1.82) is 0 Å². The van der Waals surface area contributed by atoms with Gasteiger partial charge in [-0.3, -0.25) is 0 Å². The average molecular weight is 183 g/mol. The zero-order valence-electron chi connectivity index (χ0n) is 8.10. The van der Waals surface area contributed by atoms with E-state index in [1.165, 1.54) is 19.2 Å². The van der Waals surface area contributed by atoms with Crippen molar-refractivity contribution in [2.75, 3.05) is 14.2 Å². The molecule has 2 nitrogen and oxygen atoms in total. The minimum atomic E-state index is -0.267. The highest BCUT2D eigenvalue weighted by Gasteiger charge is 2.06. The van der Waals surface area contributed by atoms with Crippen molar-refractivity contribution >= 4 is 0 Å². The maximum absolute atomic E-state index is 13.0. The fourth-order valence-corrected chi connectivity index (χ4v) is 1.12. The molecule has 0 fully saturated rings. The van der Waals surface area contributed by atoms with Crippen molar-refractivity contribution in [3.05, 3.63) is 29.6 Å². The summed E-state index contributed by atoms with van der Waals surface area (Å²) >= 11 is 0. The Hall–Kier alpha value is -1.09. The summed E-state index contributed by atoms with van der Waals surface area (Å²) in [4.78, 5) is 0. The van der Waals surface area contributed by atoms with Crippen molar-refractivity contribution in [1.82, 2.24) is 5.32 Å². The van der Waals surface area contributed by atoms with Crippen LogP contribution in [-0.2, 0) is 0 Å². The molecular weight excluding hydrogens is 169 g/mol. The Morgan fingerprint density at radius 3 is 2.62 bits per heavy atom. The standard InChI is InChI=1S/C10H14FNO/c1-7(12-2)8-4-9(11)6-10(5-8)13-3/h4-7,12H,1-3H3/t7-/m1/s1. The maximum atomic E-state index is 13.0. The van der Waals surface area contributed by atoms with Gasteiger partial charge in [-0.05, 0) is 31.7 Å². The van der Waals surface area contributed by atoms with Gasteiger partial charge in [0.25, 0.3) is 0 Å². The van der Waals surface area contributed by atoms with Crippen LogP contribution in [0.15, 0.2) is 18.2 Å². The molecule has 0 unspecified atom stereocenters. The van der Waals surface area contributed by atoms with Crippen LogP contribution in [0.25, 0.3) is 0 Å². The Kier molecular flexibility index (Phi) is 3.25. The van der Waals surface area contributed by atoms with Gasteiger partial charge in [0.05, 0.1) is 7.11 Å². The fourth-order valence-electron chi connectivity index (χ4n) is 1.12. The lowest BCUT2D eigenvalue weighted by Gasteiger charge is -2.11. The van der Waals surface area contributed by atoms with Gasteiger partial charge in [-0.25, -0.2) is 4.39 Å². The summed E-state index contributed by atoms with van der Waals surface area (Å²) in [5.74, 6) is 0.286. The molecule has 72 valence electrons. The molecule has 0 amide bonds. The summed E-state index contributed by atoms with van der Waals surface area (Å²) in [7, 11) is 3.37. The van der Waals surface area contributed by atoms with Crippen LogP contribution in [0.3, 0.4) is 0 Å². The van der Waals surface area contributed by atoms with Gasteiger partial charge < -0.3 is 10.1 Å². The molecule has 13 heavy (non-hydrogen) atoms. The summed E-state index contributed by atoms with van der Waals surface area (Å²) in [5.41, 5.74) is 0.888. The van der Waals surface area contributed by atoms with Crippen LogP contribution < -0.4 is 10.1 Å². The molecular formula is C10H14FNO. The molecule has 1 N–H and O–H groups in total. The summed E-state index contributed by atoms with van der Waals surface area (Å²) in [6.45, 7) is 1.97. The minimum absolute atomic E-state index is 0.129. The van der Waals surface area contributed by atoms with Crippen molar-refractivity contribution in [3.8, 4) is 5.75 Å². The van der Waals surface area contributed by atoms with Crippen LogP contribution in [0.4, 0.5) is 4.39 Å². The van der Waals surface area contributed by atoms with E-state index in [1.54, 1.807) is 0 Å². The third-order valence-electron chi connectivity index (χ3n) is 2.06. The van der Waals surface area contributed by atoms with E-state index in [0.717, 1.165) is 5.56 Å². The summed E-state index contributed by atoms with van der Waals surface area (Å²) in [6, 6.07) is 4.82. The predicted octanol–water partition coefficient (Wildman–Crippen LogP) is 2.11. The molecule has 1 aromatic carbocycles. The molecule has 3 heteroatoms. The van der Waals surface area contributed by atoms with E-state index >= 15 is 0 Å². The second-order valence-electron chi connectivity index (χ2n) is 2.93. The normalized spacial score (nSPS) is 12.6. The van der Waals surface area contributed by atoms with E-state index in [1.807, 2.05) is 20.0 Å². The predicted molar refractivity (Wildman–Crippen MR) is 50.4 cm³/mol. The molecule has 0 aromatic heterocycles. The number of hydrogen-bond donors (Lipinski definition) is 1. The average Bonchev–Trinajstić information content (AvgIpc) is 2.15. The molecule has 0 saturated heterocycles. The van der Waals surface area contributed by atoms with E-state index in [9.17, 15) is 4.39 Å². The maximum Gasteiger partial charge on any atom is 0.127 e. The van der Waals surface area contributed by atoms with Gasteiger partial charge in [0.2, 0.25) is 0 Å². The number of methoxy groups -OCH3 is 1. The molecule has 1 rings (SSSR count). The Labute approximate surface area is 77.7 Å². The van der Waals surface area contributed by atoms with Gasteiger partial charge in [0.15, 0.2) is 0 Å². The molecule has 0 heterocycles. The Morgan fingerprint density at radius 1 is 1.38 bits per heavy atom. The van der Waals surface area contributed by atoms with Crippen molar-refractivity contribution in [2.24, 2.45) is 0 Å². The quantitative estimate of drug-likeness (QED) is 0.775. The van der Waals surface area contributed by atoms with Crippen molar-refractivity contribution in [2.45, 2.75) is 13.0 Å². The zero-order chi connectivity index (χ0) is 9.84. The highest BCUT2D eigenvalue weighted by Crippen LogP contribution is 2.20. The largest absolute Gasteiger partial charge is 0.497 e. The second-order valence-corrected chi connectivity index (χ2v) is 2.93. The lowest BCUT2D eigenvalue weighted by molar-refractivity contribution is 0.409. The smallest absolute Gasteiger partial charge is 0.127 e. The lowest BCUT2D eigenvalue weighted by atomic mass is 10.1. The number of nitrogens with one attached hydrogen (secondary N) is 1. The van der Waals surface area contributed by atoms with Crippen molar-refractivity contribution in [3.63, 3.8) is 0 Å². The molecule has 1 aromatic rings. The molecule has 0 aliphatic heterocycles. The van der Waals surface area contributed by atoms with Crippen LogP contribution in [0, 0.1) is 5.82 Å². The van der Waals surface area contributed by atoms with E-state index in [0.29, 0.717) is 5.75 Å². The SMILES string of the molecule is CN[C@H](C)c1cc(F)cc(OC)c1. The first kappa shape index (κ1) is 9.99. The van der Waals surface area contributed by atoms with E-state index in [-0.39, 0.29) is 11.9 Å². The number of hydrogen-bond acceptors (Lipinski definition) is 2. The van der Waals surface area contributed by atoms with Crippen LogP contribution >= 0.6 is 0 Å². The minimum Gasteiger partial charge on any atom is -0.497 e. The van der Waals surface area contributed by atoms with Crippen LogP contribution in [0.5, 0.6) is 5.75 Å². The topological polar surface area (TPSA) is 21.3 Å². The molecule has 0 spiro atoms. The van der Waals surface area contributed by atoms with E-state index in [2.05, 4.69) is 5.32 Å². The lowest BCUT2D eigenvalue weighted by Crippen LogP contribution is -2.12. The van der Waals surface area contributed by atoms with Gasteiger partial charge in [-0.1, -0.05) is 0 Å². The second kappa shape index (κ2) is 4.23. The van der Waals surface area contributed by atoms with Gasteiger partial charge in [0.1, 0.15) is 11.6 Å². The molecule has 0 aliphatic carbocycles. The van der Waals surface area contributed by atoms with Crippen LogP contribution in [0.1, 0.15) is 18.5 Å². The first-order valence-electron chi connectivity index (χ1n) is 4.19. The summed E-state index contributed by atoms with van der Waals surface area (Å²) in [6.07, 6.45) is 0. The first-order chi connectivity index (χ1) is 6.17. The van der Waals surface area contributed by atoms with Gasteiger partial charge in [-0.2, -0.15) is 0 Å². The van der Waals surface area contributed by atoms with Gasteiger partial charge in [0, 0.05) is 12.1 Å². The number of ether oxygens (including phenoxy) is 1. The molecule has 0 aliphatic rings. The summed E-state index contributed by atoms with van der Waals surface area (Å²) in [5, 5.41) is 3.04. The van der Waals surface area contributed by atoms with E-state index < -0.39 is 0 Å². The number of rotatable bonds is 3. The monoisotopic (exact) mass is 183 g/mol. The third kappa shape index (κ3) is 2.42. The Balaban J connectivity index is 3.01. The Bertz CT molecular complexity index is 288. The van der Waals surface area contributed by atoms with Crippen LogP contribution in [-0.4, -0.2) is 14.2 Å². The van der Waals surface area contributed by atoms with Crippen LogP contribution in [0.2, 0.25) is 0 Å². The van der Waals surface area contributed by atoms with Crippen molar-refractivity contribution < 1.29 is 9.13 Å². The summed E-state index contributed by atoms with van der Waals surface area (Å²) < 4.78 is 18.0. The number of benzene rings is 1. The molecule has 0 radical (unpaired) electrons. The Morgan fingerprint density at radius 2 is 2.08 bits per heavy atom. The van der Waals surface area contributed by atoms with Gasteiger partial charge in [-0.15, -0.1) is 0 Å². The molecule has 0 saturated carbocycles. The van der Waals surface area contributed by atoms with Gasteiger partial charge >= 0.3 is 0 Å².